The number of rotatable bonds is 4. The lowest BCUT2D eigenvalue weighted by atomic mass is 10.1. The monoisotopic (exact) mass is 358 g/mol. The Morgan fingerprint density at radius 1 is 1.42 bits per heavy atom. The molecule has 0 spiro atoms. The molecule has 0 radical (unpaired) electrons. The average Bonchev–Trinajstić information content (AvgIpc) is 2.63. The molecule has 26 heavy (non-hydrogen) atoms. The highest BCUT2D eigenvalue weighted by Gasteiger charge is 2.35. The average molecular weight is 358 g/mol. The van der Waals surface area contributed by atoms with Gasteiger partial charge < -0.3 is 15.0 Å². The van der Waals surface area contributed by atoms with Gasteiger partial charge in [-0.3, -0.25) is 23.6 Å². The van der Waals surface area contributed by atoms with Crippen molar-refractivity contribution in [2.75, 3.05) is 25.1 Å². The van der Waals surface area contributed by atoms with E-state index >= 15 is 0 Å². The summed E-state index contributed by atoms with van der Waals surface area (Å²) in [5.41, 5.74) is 0.514. The quantitative estimate of drug-likeness (QED) is 0.589. The van der Waals surface area contributed by atoms with E-state index in [1.54, 1.807) is 18.3 Å². The predicted octanol–water partition coefficient (Wildman–Crippen LogP) is -0.317. The second-order valence-electron chi connectivity index (χ2n) is 5.99. The van der Waals surface area contributed by atoms with Crippen molar-refractivity contribution >= 4 is 29.6 Å². The highest BCUT2D eigenvalue weighted by molar-refractivity contribution is 5.92. The third-order valence-corrected chi connectivity index (χ3v) is 4.29. The second kappa shape index (κ2) is 6.95. The van der Waals surface area contributed by atoms with Gasteiger partial charge in [0.15, 0.2) is 6.29 Å². The number of carbonyl (C=O) groups excluding carboxylic acids is 3. The summed E-state index contributed by atoms with van der Waals surface area (Å²) >= 11 is 0. The number of aryl methyl sites for hydroxylation is 1. The van der Waals surface area contributed by atoms with E-state index in [4.69, 9.17) is 0 Å². The molecular weight excluding hydrogens is 340 g/mol. The molecule has 136 valence electrons. The number of amides is 1. The first kappa shape index (κ1) is 17.6. The molecule has 9 nitrogen and oxygen atoms in total. The maximum Gasteiger partial charge on any atom is 0.308 e. The van der Waals surface area contributed by atoms with Gasteiger partial charge in [0, 0.05) is 19.3 Å². The molecule has 1 aliphatic heterocycles. The van der Waals surface area contributed by atoms with Crippen LogP contribution in [0.2, 0.25) is 0 Å². The number of esters is 1. The lowest BCUT2D eigenvalue weighted by Gasteiger charge is -2.35. The number of fused-ring (bicyclic) bond motifs is 1. The molecule has 1 amide bonds. The van der Waals surface area contributed by atoms with Gasteiger partial charge >= 0.3 is 5.97 Å². The van der Waals surface area contributed by atoms with E-state index in [1.807, 2.05) is 6.92 Å². The first-order chi connectivity index (χ1) is 12.5. The summed E-state index contributed by atoms with van der Waals surface area (Å²) in [7, 11) is 1.23. The molecule has 1 N–H and O–H groups in total. The predicted molar refractivity (Wildman–Crippen MR) is 92.4 cm³/mol. The molecule has 0 aliphatic carbocycles. The number of carbonyl (C=O) groups is 3. The number of anilines is 1. The molecule has 3 rings (SSSR count). The zero-order valence-corrected chi connectivity index (χ0v) is 14.4. The van der Waals surface area contributed by atoms with E-state index in [0.29, 0.717) is 25.0 Å². The van der Waals surface area contributed by atoms with Gasteiger partial charge in [0.2, 0.25) is 5.91 Å². The fraction of sp³-hybridized carbons (Fsp3) is 0.353. The van der Waals surface area contributed by atoms with E-state index < -0.39 is 17.6 Å². The molecule has 2 aromatic rings. The Morgan fingerprint density at radius 3 is 2.88 bits per heavy atom. The van der Waals surface area contributed by atoms with Crippen LogP contribution in [0.4, 0.5) is 5.82 Å². The SMILES string of the molecule is COC(=O)C[C@H]1C(=O)NCCN1c1nc2ccc(C)cn2c(=O)c1C=O. The van der Waals surface area contributed by atoms with E-state index in [1.165, 1.54) is 16.4 Å². The largest absolute Gasteiger partial charge is 0.469 e. The molecule has 1 aliphatic rings. The summed E-state index contributed by atoms with van der Waals surface area (Å²) in [5, 5.41) is 2.67. The Labute approximate surface area is 148 Å². The molecule has 2 aromatic heterocycles. The Hall–Kier alpha value is -3.23. The molecule has 9 heteroatoms. The molecule has 1 fully saturated rings. The van der Waals surface area contributed by atoms with Crippen LogP contribution in [0.3, 0.4) is 0 Å². The third kappa shape index (κ3) is 3.03. The van der Waals surface area contributed by atoms with Crippen molar-refractivity contribution in [3.63, 3.8) is 0 Å². The van der Waals surface area contributed by atoms with Gasteiger partial charge in [-0.15, -0.1) is 0 Å². The van der Waals surface area contributed by atoms with Gasteiger partial charge in [-0.05, 0) is 18.6 Å². The van der Waals surface area contributed by atoms with Crippen molar-refractivity contribution in [3.05, 3.63) is 39.8 Å². The first-order valence-corrected chi connectivity index (χ1v) is 8.05. The van der Waals surface area contributed by atoms with Gasteiger partial charge in [0.25, 0.3) is 5.56 Å². The van der Waals surface area contributed by atoms with Crippen LogP contribution in [0.15, 0.2) is 23.1 Å². The molecule has 0 aromatic carbocycles. The van der Waals surface area contributed by atoms with Gasteiger partial charge in [0.1, 0.15) is 23.1 Å². The molecule has 0 saturated carbocycles. The fourth-order valence-corrected chi connectivity index (χ4v) is 2.98. The van der Waals surface area contributed by atoms with Crippen molar-refractivity contribution < 1.29 is 19.1 Å². The molecule has 3 heterocycles. The molecular formula is C17H18N4O5. The normalized spacial score (nSPS) is 17.1. The van der Waals surface area contributed by atoms with Crippen LogP contribution >= 0.6 is 0 Å². The lowest BCUT2D eigenvalue weighted by Crippen LogP contribution is -2.57. The summed E-state index contributed by atoms with van der Waals surface area (Å²) in [6, 6.07) is 2.55. The number of nitrogens with one attached hydrogen (secondary N) is 1. The van der Waals surface area contributed by atoms with Crippen LogP contribution in [0, 0.1) is 6.92 Å². The van der Waals surface area contributed by atoms with Gasteiger partial charge in [-0.25, -0.2) is 4.98 Å². The maximum absolute atomic E-state index is 12.7. The van der Waals surface area contributed by atoms with Gasteiger partial charge in [0.05, 0.1) is 13.5 Å². The van der Waals surface area contributed by atoms with E-state index in [2.05, 4.69) is 15.0 Å². The zero-order chi connectivity index (χ0) is 18.8. The maximum atomic E-state index is 12.7. The number of nitrogens with zero attached hydrogens (tertiary/aromatic N) is 3. The van der Waals surface area contributed by atoms with Crippen molar-refractivity contribution in [2.45, 2.75) is 19.4 Å². The Bertz CT molecular complexity index is 952. The first-order valence-electron chi connectivity index (χ1n) is 8.05. The van der Waals surface area contributed by atoms with Crippen LogP contribution in [-0.2, 0) is 14.3 Å². The lowest BCUT2D eigenvalue weighted by molar-refractivity contribution is -0.143. The number of hydrogen-bond donors (Lipinski definition) is 1. The highest BCUT2D eigenvalue weighted by Crippen LogP contribution is 2.21. The number of ether oxygens (including phenoxy) is 1. The summed E-state index contributed by atoms with van der Waals surface area (Å²) in [5.74, 6) is -0.861. The minimum absolute atomic E-state index is 0.0950. The van der Waals surface area contributed by atoms with Crippen LogP contribution in [0.25, 0.3) is 5.65 Å². The zero-order valence-electron chi connectivity index (χ0n) is 14.4. The highest BCUT2D eigenvalue weighted by atomic mass is 16.5. The smallest absolute Gasteiger partial charge is 0.308 e. The Kier molecular flexibility index (Phi) is 4.70. The van der Waals surface area contributed by atoms with Crippen molar-refractivity contribution in [1.82, 2.24) is 14.7 Å². The van der Waals surface area contributed by atoms with Crippen LogP contribution in [0.5, 0.6) is 0 Å². The minimum Gasteiger partial charge on any atom is -0.469 e. The molecule has 0 bridgehead atoms. The molecule has 1 atom stereocenters. The molecule has 0 unspecified atom stereocenters. The summed E-state index contributed by atoms with van der Waals surface area (Å²) in [6.07, 6.45) is 1.81. The minimum atomic E-state index is -0.908. The third-order valence-electron chi connectivity index (χ3n) is 4.29. The number of piperazine rings is 1. The number of aromatic nitrogens is 2. The topological polar surface area (TPSA) is 110 Å². The van der Waals surface area contributed by atoms with E-state index in [9.17, 15) is 19.2 Å². The second-order valence-corrected chi connectivity index (χ2v) is 5.99. The molecule has 1 saturated heterocycles. The summed E-state index contributed by atoms with van der Waals surface area (Å²) in [4.78, 5) is 54.2. The number of aldehydes is 1. The summed E-state index contributed by atoms with van der Waals surface area (Å²) in [6.45, 7) is 2.44. The Balaban J connectivity index is 2.16. The van der Waals surface area contributed by atoms with Gasteiger partial charge in [-0.1, -0.05) is 6.07 Å². The van der Waals surface area contributed by atoms with E-state index in [-0.39, 0.29) is 23.7 Å². The van der Waals surface area contributed by atoms with Crippen LogP contribution in [-0.4, -0.2) is 53.8 Å². The number of pyridine rings is 1. The van der Waals surface area contributed by atoms with Crippen LogP contribution in [0.1, 0.15) is 22.3 Å². The summed E-state index contributed by atoms with van der Waals surface area (Å²) < 4.78 is 5.94. The van der Waals surface area contributed by atoms with Gasteiger partial charge in [-0.2, -0.15) is 0 Å². The van der Waals surface area contributed by atoms with E-state index in [0.717, 1.165) is 5.56 Å². The standard InChI is InChI=1S/C17H18N4O5/c1-10-3-4-13-19-15(11(9-22)17(25)21(13)8-10)20-6-5-18-16(24)12(20)7-14(23)26-2/h3-4,8-9,12H,5-7H2,1-2H3,(H,18,24)/t12-/m0/s1. The fourth-order valence-electron chi connectivity index (χ4n) is 2.98. The Morgan fingerprint density at radius 2 is 2.19 bits per heavy atom. The van der Waals surface area contributed by atoms with Crippen molar-refractivity contribution in [3.8, 4) is 0 Å². The number of hydrogen-bond acceptors (Lipinski definition) is 7. The van der Waals surface area contributed by atoms with Crippen molar-refractivity contribution in [1.29, 1.82) is 0 Å². The number of methoxy groups -OCH3 is 1. The van der Waals surface area contributed by atoms with Crippen LogP contribution < -0.4 is 15.8 Å². The van der Waals surface area contributed by atoms with Crippen molar-refractivity contribution in [2.24, 2.45) is 0 Å².